The molecule has 1 aliphatic heterocycles. The van der Waals surface area contributed by atoms with Gasteiger partial charge in [-0.3, -0.25) is 4.79 Å². The maximum absolute atomic E-state index is 12.3. The summed E-state index contributed by atoms with van der Waals surface area (Å²) < 4.78 is 38.3. The minimum Gasteiger partial charge on any atom is -0.486 e. The lowest BCUT2D eigenvalue weighted by atomic mass is 10.2. The van der Waals surface area contributed by atoms with E-state index < -0.39 is 22.0 Å². The van der Waals surface area contributed by atoms with Crippen molar-refractivity contribution < 1.29 is 22.7 Å². The van der Waals surface area contributed by atoms with Gasteiger partial charge in [-0.05, 0) is 43.3 Å². The van der Waals surface area contributed by atoms with Crippen LogP contribution in [-0.2, 0) is 14.8 Å². The zero-order chi connectivity index (χ0) is 19.4. The van der Waals surface area contributed by atoms with Crippen LogP contribution in [0.2, 0.25) is 5.02 Å². The van der Waals surface area contributed by atoms with Crippen LogP contribution < -0.4 is 19.5 Å². The molecule has 0 saturated heterocycles. The second-order valence-electron chi connectivity index (χ2n) is 6.04. The minimum absolute atomic E-state index is 0.0344. The van der Waals surface area contributed by atoms with Crippen molar-refractivity contribution >= 4 is 27.5 Å². The number of benzene rings is 2. The quantitative estimate of drug-likeness (QED) is 0.759. The van der Waals surface area contributed by atoms with Gasteiger partial charge in [0.2, 0.25) is 15.9 Å². The molecule has 1 amide bonds. The summed E-state index contributed by atoms with van der Waals surface area (Å²) in [5, 5.41) is 3.10. The number of fused-ring (bicyclic) bond motifs is 1. The van der Waals surface area contributed by atoms with E-state index in [0.717, 1.165) is 0 Å². The Bertz CT molecular complexity index is 918. The molecule has 0 spiro atoms. The molecule has 0 fully saturated rings. The Kier molecular flexibility index (Phi) is 5.88. The van der Waals surface area contributed by atoms with Crippen LogP contribution in [0.1, 0.15) is 6.92 Å². The number of hydrogen-bond acceptors (Lipinski definition) is 5. The van der Waals surface area contributed by atoms with E-state index in [2.05, 4.69) is 10.0 Å². The monoisotopic (exact) mass is 410 g/mol. The highest BCUT2D eigenvalue weighted by Gasteiger charge is 2.25. The molecule has 0 radical (unpaired) electrons. The van der Waals surface area contributed by atoms with Crippen molar-refractivity contribution in [2.45, 2.75) is 24.0 Å². The van der Waals surface area contributed by atoms with Gasteiger partial charge < -0.3 is 14.8 Å². The van der Waals surface area contributed by atoms with Crippen molar-refractivity contribution in [3.8, 4) is 11.5 Å². The summed E-state index contributed by atoms with van der Waals surface area (Å²) in [6.07, 6.45) is -0.357. The van der Waals surface area contributed by atoms with E-state index in [1.807, 2.05) is 12.1 Å². The average Bonchev–Trinajstić information content (AvgIpc) is 2.66. The molecule has 144 valence electrons. The van der Waals surface area contributed by atoms with Gasteiger partial charge in [0, 0.05) is 5.02 Å². The van der Waals surface area contributed by atoms with Gasteiger partial charge in [0.25, 0.3) is 0 Å². The van der Waals surface area contributed by atoms with E-state index in [4.69, 9.17) is 21.1 Å². The molecule has 1 aliphatic rings. The van der Waals surface area contributed by atoms with Crippen molar-refractivity contribution in [3.05, 3.63) is 53.6 Å². The first kappa shape index (κ1) is 19.5. The van der Waals surface area contributed by atoms with E-state index in [0.29, 0.717) is 23.1 Å². The lowest BCUT2D eigenvalue weighted by Crippen LogP contribution is -2.48. The zero-order valence-electron chi connectivity index (χ0n) is 14.5. The molecule has 0 saturated carbocycles. The number of nitrogens with one attached hydrogen (secondary N) is 2. The van der Waals surface area contributed by atoms with Crippen LogP contribution >= 0.6 is 11.6 Å². The number of para-hydroxylation sites is 2. The summed E-state index contributed by atoms with van der Waals surface area (Å²) in [6.45, 7) is 1.96. The molecule has 2 aromatic rings. The van der Waals surface area contributed by atoms with Gasteiger partial charge in [-0.2, -0.15) is 4.72 Å². The van der Waals surface area contributed by atoms with Crippen molar-refractivity contribution in [2.75, 3.05) is 13.2 Å². The van der Waals surface area contributed by atoms with Crippen molar-refractivity contribution in [3.63, 3.8) is 0 Å². The Hall–Kier alpha value is -2.29. The molecular formula is C18H19ClN2O5S. The fourth-order valence-electron chi connectivity index (χ4n) is 2.50. The fraction of sp³-hybridized carbons (Fsp3) is 0.278. The topological polar surface area (TPSA) is 93.7 Å². The summed E-state index contributed by atoms with van der Waals surface area (Å²) in [5.41, 5.74) is 0. The molecular weight excluding hydrogens is 392 g/mol. The van der Waals surface area contributed by atoms with Crippen molar-refractivity contribution in [1.82, 2.24) is 10.0 Å². The SMILES string of the molecule is C[C@@H](NS(=O)(=O)c1ccc(Cl)cc1)C(=O)NC[C@@H]1COc2ccccc2O1. The van der Waals surface area contributed by atoms with Crippen LogP contribution in [0.25, 0.3) is 0 Å². The lowest BCUT2D eigenvalue weighted by Gasteiger charge is -2.27. The molecule has 0 aliphatic carbocycles. The van der Waals surface area contributed by atoms with E-state index >= 15 is 0 Å². The van der Waals surface area contributed by atoms with Crippen molar-refractivity contribution in [2.24, 2.45) is 0 Å². The number of carbonyl (C=O) groups is 1. The normalized spacial score (nSPS) is 17.2. The number of carbonyl (C=O) groups excluding carboxylic acids is 1. The molecule has 2 atom stereocenters. The lowest BCUT2D eigenvalue weighted by molar-refractivity contribution is -0.122. The Morgan fingerprint density at radius 3 is 2.56 bits per heavy atom. The van der Waals surface area contributed by atoms with Gasteiger partial charge >= 0.3 is 0 Å². The summed E-state index contributed by atoms with van der Waals surface area (Å²) in [5.74, 6) is 0.804. The van der Waals surface area contributed by atoms with Gasteiger partial charge in [-0.1, -0.05) is 23.7 Å². The number of ether oxygens (including phenoxy) is 2. The van der Waals surface area contributed by atoms with Gasteiger partial charge in [0.1, 0.15) is 12.7 Å². The van der Waals surface area contributed by atoms with Gasteiger partial charge in [-0.15, -0.1) is 0 Å². The Balaban J connectivity index is 1.53. The molecule has 2 N–H and O–H groups in total. The van der Waals surface area contributed by atoms with Crippen LogP contribution in [0, 0.1) is 0 Å². The van der Waals surface area contributed by atoms with Gasteiger partial charge in [0.15, 0.2) is 11.5 Å². The van der Waals surface area contributed by atoms with Crippen LogP contribution in [0.4, 0.5) is 0 Å². The standard InChI is InChI=1S/C18H19ClN2O5S/c1-12(21-27(23,24)15-8-6-13(19)7-9-15)18(22)20-10-14-11-25-16-4-2-3-5-17(16)26-14/h2-9,12,14,21H,10-11H2,1H3,(H,20,22)/t12-,14-/m1/s1. The molecule has 0 aromatic heterocycles. The van der Waals surface area contributed by atoms with Gasteiger partial charge in [-0.25, -0.2) is 8.42 Å². The molecule has 2 aromatic carbocycles. The predicted octanol–water partition coefficient (Wildman–Crippen LogP) is 1.96. The first-order chi connectivity index (χ1) is 12.8. The van der Waals surface area contributed by atoms with Crippen molar-refractivity contribution in [1.29, 1.82) is 0 Å². The molecule has 7 nitrogen and oxygen atoms in total. The number of halogens is 1. The predicted molar refractivity (Wildman–Crippen MR) is 101 cm³/mol. The Labute approximate surface area is 162 Å². The van der Waals surface area contributed by atoms with Gasteiger partial charge in [0.05, 0.1) is 17.5 Å². The molecule has 0 unspecified atom stereocenters. The largest absolute Gasteiger partial charge is 0.486 e. The highest BCUT2D eigenvalue weighted by Crippen LogP contribution is 2.30. The summed E-state index contributed by atoms with van der Waals surface area (Å²) >= 11 is 5.76. The first-order valence-corrected chi connectivity index (χ1v) is 10.2. The molecule has 27 heavy (non-hydrogen) atoms. The summed E-state index contributed by atoms with van der Waals surface area (Å²) in [6, 6.07) is 12.0. The maximum atomic E-state index is 12.3. The first-order valence-electron chi connectivity index (χ1n) is 8.29. The third-order valence-corrected chi connectivity index (χ3v) is 5.73. The molecule has 9 heteroatoms. The maximum Gasteiger partial charge on any atom is 0.241 e. The van der Waals surface area contributed by atoms with E-state index in [-0.39, 0.29) is 17.5 Å². The van der Waals surface area contributed by atoms with Crippen LogP contribution in [0.15, 0.2) is 53.4 Å². The smallest absolute Gasteiger partial charge is 0.241 e. The summed E-state index contributed by atoms with van der Waals surface area (Å²) in [4.78, 5) is 12.3. The van der Waals surface area contributed by atoms with E-state index in [1.165, 1.54) is 31.2 Å². The van der Waals surface area contributed by atoms with Crippen LogP contribution in [0.5, 0.6) is 11.5 Å². The highest BCUT2D eigenvalue weighted by molar-refractivity contribution is 7.89. The van der Waals surface area contributed by atoms with E-state index in [1.54, 1.807) is 12.1 Å². The molecule has 0 bridgehead atoms. The van der Waals surface area contributed by atoms with Crippen LogP contribution in [0.3, 0.4) is 0 Å². The third-order valence-electron chi connectivity index (χ3n) is 3.92. The summed E-state index contributed by atoms with van der Waals surface area (Å²) in [7, 11) is -3.83. The number of sulfonamides is 1. The number of hydrogen-bond donors (Lipinski definition) is 2. The fourth-order valence-corrected chi connectivity index (χ4v) is 3.83. The highest BCUT2D eigenvalue weighted by atomic mass is 35.5. The number of rotatable bonds is 6. The third kappa shape index (κ3) is 4.91. The molecule has 3 rings (SSSR count). The minimum atomic E-state index is -3.83. The number of amides is 1. The average molecular weight is 411 g/mol. The Morgan fingerprint density at radius 2 is 1.85 bits per heavy atom. The molecule has 1 heterocycles. The second kappa shape index (κ2) is 8.16. The van der Waals surface area contributed by atoms with E-state index in [9.17, 15) is 13.2 Å². The Morgan fingerprint density at radius 1 is 1.19 bits per heavy atom. The second-order valence-corrected chi connectivity index (χ2v) is 8.19. The van der Waals surface area contributed by atoms with Crippen LogP contribution in [-0.4, -0.2) is 39.6 Å². The zero-order valence-corrected chi connectivity index (χ0v) is 16.1.